The second kappa shape index (κ2) is 11.4. The van der Waals surface area contributed by atoms with E-state index in [9.17, 15) is 22.7 Å². The van der Waals surface area contributed by atoms with Gasteiger partial charge in [0.05, 0.1) is 12.4 Å². The summed E-state index contributed by atoms with van der Waals surface area (Å²) in [6, 6.07) is 20.1. The summed E-state index contributed by atoms with van der Waals surface area (Å²) in [7, 11) is -4.11. The molecule has 1 atom stereocenters. The third-order valence-corrected chi connectivity index (χ3v) is 7.29. The molecule has 0 aliphatic carbocycles. The van der Waals surface area contributed by atoms with E-state index >= 15 is 0 Å². The van der Waals surface area contributed by atoms with Crippen molar-refractivity contribution in [3.63, 3.8) is 0 Å². The number of benzene rings is 3. The summed E-state index contributed by atoms with van der Waals surface area (Å²) < 4.78 is 52.0. The number of phenols is 1. The number of carbonyl (C=O) groups excluding carboxylic acids is 1. The van der Waals surface area contributed by atoms with Crippen molar-refractivity contribution in [3.05, 3.63) is 102 Å². The molecule has 3 aromatic carbocycles. The highest BCUT2D eigenvalue weighted by molar-refractivity contribution is 7.85. The fraction of sp³-hybridized carbons (Fsp3) is 0.207. The average Bonchev–Trinajstić information content (AvgIpc) is 3.23. The van der Waals surface area contributed by atoms with Gasteiger partial charge in [0.2, 0.25) is 0 Å². The van der Waals surface area contributed by atoms with Gasteiger partial charge >= 0.3 is 11.7 Å². The highest BCUT2D eigenvalue weighted by atomic mass is 32.2. The SMILES string of the molecule is O=C1C(Cc2ccc(OCCCS(=O)(=O)O)c(F)c2)Nc2c(Cc3ccccc3)nc(-c3ccc(O)cc3)c[n+]21. The lowest BCUT2D eigenvalue weighted by Gasteiger charge is -2.09. The quantitative estimate of drug-likeness (QED) is 0.151. The Morgan fingerprint density at radius 3 is 2.48 bits per heavy atom. The van der Waals surface area contributed by atoms with E-state index in [1.807, 2.05) is 30.3 Å². The first-order chi connectivity index (χ1) is 19.2. The highest BCUT2D eigenvalue weighted by Gasteiger charge is 2.41. The van der Waals surface area contributed by atoms with Crippen molar-refractivity contribution in [2.45, 2.75) is 25.3 Å². The van der Waals surface area contributed by atoms with Crippen molar-refractivity contribution >= 4 is 21.8 Å². The normalized spacial score (nSPS) is 14.6. The van der Waals surface area contributed by atoms with Crippen LogP contribution in [0.2, 0.25) is 0 Å². The Balaban J connectivity index is 1.37. The molecule has 1 aliphatic heterocycles. The Hall–Kier alpha value is -4.35. The van der Waals surface area contributed by atoms with Crippen LogP contribution in [-0.4, -0.2) is 47.4 Å². The van der Waals surface area contributed by atoms with Crippen LogP contribution in [0.5, 0.6) is 11.5 Å². The van der Waals surface area contributed by atoms with Crippen LogP contribution in [0.25, 0.3) is 11.3 Å². The molecule has 40 heavy (non-hydrogen) atoms. The van der Waals surface area contributed by atoms with E-state index in [1.54, 1.807) is 41.1 Å². The summed E-state index contributed by atoms with van der Waals surface area (Å²) in [4.78, 5) is 18.3. The van der Waals surface area contributed by atoms with Gasteiger partial charge in [-0.05, 0) is 53.9 Å². The summed E-state index contributed by atoms with van der Waals surface area (Å²) in [5.41, 5.74) is 3.58. The lowest BCUT2D eigenvalue weighted by atomic mass is 10.1. The van der Waals surface area contributed by atoms with Crippen molar-refractivity contribution in [2.75, 3.05) is 17.7 Å². The number of nitrogens with one attached hydrogen (secondary N) is 1. The van der Waals surface area contributed by atoms with Gasteiger partial charge in [-0.15, -0.1) is 0 Å². The number of phenolic OH excluding ortho intramolecular Hbond substituents is 1. The second-order valence-electron chi connectivity index (χ2n) is 9.49. The molecule has 1 aromatic heterocycles. The minimum absolute atomic E-state index is 0.0154. The zero-order valence-corrected chi connectivity index (χ0v) is 22.1. The molecule has 9 nitrogen and oxygen atoms in total. The Kier molecular flexibility index (Phi) is 7.76. The van der Waals surface area contributed by atoms with E-state index in [0.29, 0.717) is 29.2 Å². The number of aromatic hydroxyl groups is 1. The standard InChI is InChI=1S/C29H26FN3O6S/c30-23-15-20(7-12-27(23)39-13-4-14-40(36,37)38)17-25-29(35)33-18-26(21-8-10-22(34)11-9-21)31-24(28(33)32-25)16-19-5-2-1-3-6-19/h1-3,5-12,15,18,25H,4,13-14,16-17H2,(H2,34,36,37,38)/p+1. The van der Waals surface area contributed by atoms with Crippen LogP contribution < -0.4 is 14.6 Å². The number of hydrogen-bond donors (Lipinski definition) is 3. The molecular formula is C29H27FN3O6S+. The molecule has 206 valence electrons. The Bertz CT molecular complexity index is 1650. The Morgan fingerprint density at radius 1 is 1.02 bits per heavy atom. The van der Waals surface area contributed by atoms with E-state index in [4.69, 9.17) is 14.3 Å². The topological polar surface area (TPSA) is 130 Å². The Labute approximate surface area is 230 Å². The molecule has 4 aromatic rings. The van der Waals surface area contributed by atoms with Gasteiger partial charge in [0, 0.05) is 18.4 Å². The first-order valence-corrected chi connectivity index (χ1v) is 14.2. The van der Waals surface area contributed by atoms with Crippen LogP contribution in [-0.2, 0) is 23.0 Å². The predicted molar refractivity (Wildman–Crippen MR) is 145 cm³/mol. The van der Waals surface area contributed by atoms with Crippen LogP contribution in [0.4, 0.5) is 10.2 Å². The number of rotatable bonds is 10. The highest BCUT2D eigenvalue weighted by Crippen LogP contribution is 2.27. The largest absolute Gasteiger partial charge is 0.508 e. The van der Waals surface area contributed by atoms with Gasteiger partial charge in [-0.25, -0.2) is 14.2 Å². The summed E-state index contributed by atoms with van der Waals surface area (Å²) in [5.74, 6) is -0.674. The zero-order valence-electron chi connectivity index (χ0n) is 21.3. The number of hydrogen-bond acceptors (Lipinski definition) is 7. The number of carbonyl (C=O) groups is 1. The van der Waals surface area contributed by atoms with Gasteiger partial charge in [0.25, 0.3) is 10.1 Å². The fourth-order valence-corrected chi connectivity index (χ4v) is 5.03. The first kappa shape index (κ1) is 27.2. The van der Waals surface area contributed by atoms with Crippen LogP contribution in [0.3, 0.4) is 0 Å². The molecule has 0 amide bonds. The molecule has 0 radical (unpaired) electrons. The molecule has 0 bridgehead atoms. The lowest BCUT2D eigenvalue weighted by Crippen LogP contribution is -2.44. The Morgan fingerprint density at radius 2 is 1.77 bits per heavy atom. The molecule has 0 spiro atoms. The van der Waals surface area contributed by atoms with E-state index in [0.717, 1.165) is 11.1 Å². The number of halogens is 1. The van der Waals surface area contributed by atoms with E-state index in [-0.39, 0.29) is 36.9 Å². The molecule has 3 N–H and O–H groups in total. The van der Waals surface area contributed by atoms with Crippen molar-refractivity contribution in [1.29, 1.82) is 0 Å². The lowest BCUT2D eigenvalue weighted by molar-refractivity contribution is -0.552. The maximum absolute atomic E-state index is 14.7. The van der Waals surface area contributed by atoms with Crippen LogP contribution in [0, 0.1) is 5.82 Å². The predicted octanol–water partition coefficient (Wildman–Crippen LogP) is 3.81. The monoisotopic (exact) mass is 564 g/mol. The maximum atomic E-state index is 14.7. The van der Waals surface area contributed by atoms with Crippen LogP contribution >= 0.6 is 0 Å². The van der Waals surface area contributed by atoms with E-state index in [2.05, 4.69) is 5.32 Å². The number of ether oxygens (including phenoxy) is 1. The molecule has 5 rings (SSSR count). The smallest absolute Gasteiger partial charge is 0.359 e. The summed E-state index contributed by atoms with van der Waals surface area (Å²) >= 11 is 0. The van der Waals surface area contributed by atoms with E-state index in [1.165, 1.54) is 12.1 Å². The van der Waals surface area contributed by atoms with Gasteiger partial charge in [0.15, 0.2) is 17.6 Å². The maximum Gasteiger partial charge on any atom is 0.359 e. The van der Waals surface area contributed by atoms with E-state index < -0.39 is 27.7 Å². The first-order valence-electron chi connectivity index (χ1n) is 12.6. The third-order valence-electron chi connectivity index (χ3n) is 6.49. The van der Waals surface area contributed by atoms with Gasteiger partial charge in [0.1, 0.15) is 23.3 Å². The van der Waals surface area contributed by atoms with Crippen LogP contribution in [0.1, 0.15) is 28.0 Å². The van der Waals surface area contributed by atoms with Gasteiger partial charge in [-0.2, -0.15) is 13.0 Å². The van der Waals surface area contributed by atoms with Gasteiger partial charge < -0.3 is 9.84 Å². The van der Waals surface area contributed by atoms with Gasteiger partial charge in [-0.3, -0.25) is 9.87 Å². The van der Waals surface area contributed by atoms with Crippen molar-refractivity contribution in [3.8, 4) is 22.8 Å². The molecule has 0 saturated heterocycles. The summed E-state index contributed by atoms with van der Waals surface area (Å²) in [5, 5.41) is 13.0. The van der Waals surface area contributed by atoms with Crippen molar-refractivity contribution in [2.24, 2.45) is 0 Å². The molecule has 0 fully saturated rings. The molecule has 2 heterocycles. The molecule has 11 heteroatoms. The zero-order chi connectivity index (χ0) is 28.3. The molecule has 1 aliphatic rings. The summed E-state index contributed by atoms with van der Waals surface area (Å²) in [6.07, 6.45) is 2.37. The van der Waals surface area contributed by atoms with Crippen LogP contribution in [0.15, 0.2) is 79.0 Å². The number of aromatic nitrogens is 2. The van der Waals surface area contributed by atoms with Gasteiger partial charge in [-0.1, -0.05) is 36.4 Å². The average molecular weight is 565 g/mol. The minimum Gasteiger partial charge on any atom is -0.508 e. The molecular weight excluding hydrogens is 537 g/mol. The third kappa shape index (κ3) is 6.44. The minimum atomic E-state index is -4.11. The molecule has 1 unspecified atom stereocenters. The van der Waals surface area contributed by atoms with Crippen molar-refractivity contribution in [1.82, 2.24) is 4.98 Å². The number of nitrogens with zero attached hydrogens (tertiary/aromatic N) is 2. The summed E-state index contributed by atoms with van der Waals surface area (Å²) in [6.45, 7) is -0.0781. The van der Waals surface area contributed by atoms with Crippen molar-refractivity contribution < 1.29 is 36.6 Å². The number of fused-ring (bicyclic) bond motifs is 1. The molecule has 0 saturated carbocycles. The second-order valence-corrected chi connectivity index (χ2v) is 11.1. The number of anilines is 1. The fourth-order valence-electron chi connectivity index (χ4n) is 4.54.